The molecule has 0 saturated carbocycles. The van der Waals surface area contributed by atoms with Crippen molar-refractivity contribution >= 4 is 11.3 Å². The molecule has 3 N–H and O–H groups in total. The SMILES string of the molecule is Nc1ccncc1CC(O)c1cn2ccccc2n1. The van der Waals surface area contributed by atoms with E-state index in [4.69, 9.17) is 5.73 Å². The number of nitrogen functional groups attached to an aromatic ring is 1. The van der Waals surface area contributed by atoms with Crippen molar-refractivity contribution in [3.8, 4) is 0 Å². The first kappa shape index (κ1) is 11.7. The van der Waals surface area contributed by atoms with E-state index in [-0.39, 0.29) is 0 Å². The van der Waals surface area contributed by atoms with Gasteiger partial charge in [0, 0.05) is 36.9 Å². The molecule has 1 atom stereocenters. The molecule has 0 aromatic carbocycles. The van der Waals surface area contributed by atoms with E-state index in [9.17, 15) is 5.11 Å². The molecule has 5 nitrogen and oxygen atoms in total. The van der Waals surface area contributed by atoms with Crippen molar-refractivity contribution < 1.29 is 5.11 Å². The summed E-state index contributed by atoms with van der Waals surface area (Å²) in [4.78, 5) is 8.41. The van der Waals surface area contributed by atoms with Crippen LogP contribution in [0.5, 0.6) is 0 Å². The van der Waals surface area contributed by atoms with Gasteiger partial charge in [-0.15, -0.1) is 0 Å². The minimum atomic E-state index is -0.689. The van der Waals surface area contributed by atoms with E-state index in [1.165, 1.54) is 0 Å². The third kappa shape index (κ3) is 2.28. The Morgan fingerprint density at radius 3 is 3.00 bits per heavy atom. The maximum Gasteiger partial charge on any atom is 0.137 e. The minimum absolute atomic E-state index is 0.406. The number of fused-ring (bicyclic) bond motifs is 1. The molecule has 96 valence electrons. The second-order valence-electron chi connectivity index (χ2n) is 4.43. The zero-order chi connectivity index (χ0) is 13.2. The Morgan fingerprint density at radius 1 is 1.32 bits per heavy atom. The lowest BCUT2D eigenvalue weighted by atomic mass is 10.1. The molecule has 0 fully saturated rings. The van der Waals surface area contributed by atoms with E-state index in [0.29, 0.717) is 17.8 Å². The fourth-order valence-electron chi connectivity index (χ4n) is 2.04. The molecule has 0 amide bonds. The van der Waals surface area contributed by atoms with Gasteiger partial charge in [0.05, 0.1) is 5.69 Å². The zero-order valence-corrected chi connectivity index (χ0v) is 10.3. The maximum absolute atomic E-state index is 10.2. The van der Waals surface area contributed by atoms with Crippen LogP contribution >= 0.6 is 0 Å². The molecule has 0 aliphatic rings. The van der Waals surface area contributed by atoms with E-state index in [1.54, 1.807) is 18.5 Å². The average Bonchev–Trinajstić information content (AvgIpc) is 2.85. The molecule has 0 saturated heterocycles. The fourth-order valence-corrected chi connectivity index (χ4v) is 2.04. The Morgan fingerprint density at radius 2 is 2.21 bits per heavy atom. The van der Waals surface area contributed by atoms with Crippen LogP contribution < -0.4 is 5.73 Å². The smallest absolute Gasteiger partial charge is 0.137 e. The highest BCUT2D eigenvalue weighted by molar-refractivity contribution is 5.45. The van der Waals surface area contributed by atoms with Gasteiger partial charge < -0.3 is 15.2 Å². The summed E-state index contributed by atoms with van der Waals surface area (Å²) in [6.45, 7) is 0. The molecule has 0 aliphatic carbocycles. The van der Waals surface area contributed by atoms with Gasteiger partial charge in [-0.1, -0.05) is 6.07 Å². The van der Waals surface area contributed by atoms with E-state index in [2.05, 4.69) is 9.97 Å². The first-order chi connectivity index (χ1) is 9.24. The lowest BCUT2D eigenvalue weighted by Crippen LogP contribution is -2.05. The van der Waals surface area contributed by atoms with E-state index in [0.717, 1.165) is 11.2 Å². The van der Waals surface area contributed by atoms with Gasteiger partial charge in [0.1, 0.15) is 11.8 Å². The van der Waals surface area contributed by atoms with Gasteiger partial charge in [0.25, 0.3) is 0 Å². The summed E-state index contributed by atoms with van der Waals surface area (Å²) in [5.74, 6) is 0. The molecule has 0 radical (unpaired) electrons. The second kappa shape index (κ2) is 4.70. The summed E-state index contributed by atoms with van der Waals surface area (Å²) in [6, 6.07) is 7.46. The van der Waals surface area contributed by atoms with E-state index >= 15 is 0 Å². The Kier molecular flexibility index (Phi) is 2.89. The van der Waals surface area contributed by atoms with Gasteiger partial charge in [-0.3, -0.25) is 4.98 Å². The molecule has 3 rings (SSSR count). The number of hydrogen-bond donors (Lipinski definition) is 2. The minimum Gasteiger partial charge on any atom is -0.398 e. The number of nitrogens with two attached hydrogens (primary N) is 1. The number of aliphatic hydroxyl groups is 1. The summed E-state index contributed by atoms with van der Waals surface area (Å²) < 4.78 is 1.88. The highest BCUT2D eigenvalue weighted by Gasteiger charge is 2.14. The monoisotopic (exact) mass is 254 g/mol. The maximum atomic E-state index is 10.2. The predicted octanol–water partition coefficient (Wildman–Crippen LogP) is 1.59. The van der Waals surface area contributed by atoms with Crippen LogP contribution in [0.2, 0.25) is 0 Å². The lowest BCUT2D eigenvalue weighted by Gasteiger charge is -2.09. The van der Waals surface area contributed by atoms with Crippen LogP contribution in [0.4, 0.5) is 5.69 Å². The van der Waals surface area contributed by atoms with Gasteiger partial charge in [-0.2, -0.15) is 0 Å². The first-order valence-electron chi connectivity index (χ1n) is 6.04. The highest BCUT2D eigenvalue weighted by atomic mass is 16.3. The van der Waals surface area contributed by atoms with Crippen LogP contribution in [0.3, 0.4) is 0 Å². The molecule has 0 aliphatic heterocycles. The first-order valence-corrected chi connectivity index (χ1v) is 6.04. The Labute approximate surface area is 110 Å². The number of aliphatic hydroxyl groups excluding tert-OH is 1. The summed E-state index contributed by atoms with van der Waals surface area (Å²) in [5, 5.41) is 10.2. The quantitative estimate of drug-likeness (QED) is 0.744. The van der Waals surface area contributed by atoms with E-state index < -0.39 is 6.10 Å². The normalized spacial score (nSPS) is 12.7. The van der Waals surface area contributed by atoms with Gasteiger partial charge in [0.15, 0.2) is 0 Å². The van der Waals surface area contributed by atoms with Crippen LogP contribution in [0.1, 0.15) is 17.4 Å². The number of rotatable bonds is 3. The molecule has 1 unspecified atom stereocenters. The molecular weight excluding hydrogens is 240 g/mol. The van der Waals surface area contributed by atoms with Crippen LogP contribution in [-0.4, -0.2) is 19.5 Å². The van der Waals surface area contributed by atoms with Crippen molar-refractivity contribution in [3.05, 3.63) is 60.3 Å². The number of aromatic nitrogens is 3. The van der Waals surface area contributed by atoms with Crippen molar-refractivity contribution in [1.82, 2.24) is 14.4 Å². The van der Waals surface area contributed by atoms with Crippen LogP contribution in [0.25, 0.3) is 5.65 Å². The summed E-state index contributed by atoms with van der Waals surface area (Å²) in [6.07, 6.45) is 6.75. The number of pyridine rings is 2. The van der Waals surface area contributed by atoms with Gasteiger partial charge in [-0.05, 0) is 23.8 Å². The zero-order valence-electron chi connectivity index (χ0n) is 10.3. The molecule has 0 bridgehead atoms. The van der Waals surface area contributed by atoms with Crippen LogP contribution in [0.15, 0.2) is 49.1 Å². The van der Waals surface area contributed by atoms with Gasteiger partial charge >= 0.3 is 0 Å². The fraction of sp³-hybridized carbons (Fsp3) is 0.143. The van der Waals surface area contributed by atoms with Crippen molar-refractivity contribution in [3.63, 3.8) is 0 Å². The number of anilines is 1. The third-order valence-corrected chi connectivity index (χ3v) is 3.08. The molecule has 19 heavy (non-hydrogen) atoms. The second-order valence-corrected chi connectivity index (χ2v) is 4.43. The van der Waals surface area contributed by atoms with Crippen molar-refractivity contribution in [1.29, 1.82) is 0 Å². The summed E-state index contributed by atoms with van der Waals surface area (Å²) >= 11 is 0. The number of nitrogens with zero attached hydrogens (tertiary/aromatic N) is 3. The predicted molar refractivity (Wildman–Crippen MR) is 72.5 cm³/mol. The van der Waals surface area contributed by atoms with Crippen molar-refractivity contribution in [2.75, 3.05) is 5.73 Å². The average molecular weight is 254 g/mol. The lowest BCUT2D eigenvalue weighted by molar-refractivity contribution is 0.174. The van der Waals surface area contributed by atoms with Gasteiger partial charge in [0.2, 0.25) is 0 Å². The molecular formula is C14H14N4O. The number of hydrogen-bond acceptors (Lipinski definition) is 4. The molecule has 0 spiro atoms. The highest BCUT2D eigenvalue weighted by Crippen LogP contribution is 2.20. The standard InChI is InChI=1S/C14H14N4O/c15-11-4-5-16-8-10(11)7-13(19)12-9-18-6-2-1-3-14(18)17-12/h1-6,8-9,13,19H,7H2,(H2,15,16). The molecule has 5 heteroatoms. The Balaban J connectivity index is 1.87. The third-order valence-electron chi connectivity index (χ3n) is 3.08. The van der Waals surface area contributed by atoms with Crippen molar-refractivity contribution in [2.24, 2.45) is 0 Å². The molecule has 3 aromatic rings. The molecule has 3 heterocycles. The van der Waals surface area contributed by atoms with Gasteiger partial charge in [-0.25, -0.2) is 4.98 Å². The largest absolute Gasteiger partial charge is 0.398 e. The summed E-state index contributed by atoms with van der Waals surface area (Å²) in [7, 11) is 0. The molecule has 3 aromatic heterocycles. The van der Waals surface area contributed by atoms with Crippen LogP contribution in [0, 0.1) is 0 Å². The summed E-state index contributed by atoms with van der Waals surface area (Å²) in [5.41, 5.74) is 8.76. The number of imidazole rings is 1. The topological polar surface area (TPSA) is 76.4 Å². The van der Waals surface area contributed by atoms with Crippen LogP contribution in [-0.2, 0) is 6.42 Å². The van der Waals surface area contributed by atoms with Crippen molar-refractivity contribution in [2.45, 2.75) is 12.5 Å². The Bertz CT molecular complexity index is 674. The van der Waals surface area contributed by atoms with E-state index in [1.807, 2.05) is 35.0 Å². The Hall–Kier alpha value is -2.40.